The van der Waals surface area contributed by atoms with Crippen LogP contribution >= 0.6 is 0 Å². The average molecular weight is 205 g/mol. The molecule has 15 heavy (non-hydrogen) atoms. The molecule has 0 fully saturated rings. The fourth-order valence-electron chi connectivity index (χ4n) is 1.38. The number of carbonyl (C=O) groups is 1. The zero-order chi connectivity index (χ0) is 11.4. The van der Waals surface area contributed by atoms with E-state index in [0.29, 0.717) is 11.1 Å². The first-order chi connectivity index (χ1) is 7.15. The number of hydrogen-bond donors (Lipinski definition) is 3. The Morgan fingerprint density at radius 2 is 2.20 bits per heavy atom. The summed E-state index contributed by atoms with van der Waals surface area (Å²) in [4.78, 5) is 10.8. The molecular weight excluding hydrogens is 195 g/mol. The average Bonchev–Trinajstić information content (AvgIpc) is 2.26. The molecule has 0 heterocycles. The minimum Gasteiger partial charge on any atom is -0.478 e. The predicted octanol–water partition coefficient (Wildman–Crippen LogP) is -0.243. The summed E-state index contributed by atoms with van der Waals surface area (Å²) in [6, 6.07) is 2.83. The van der Waals surface area contributed by atoms with Gasteiger partial charge < -0.3 is 15.2 Å². The predicted molar refractivity (Wildman–Crippen MR) is 57.0 cm³/mol. The lowest BCUT2D eigenvalue weighted by Gasteiger charge is -2.10. The molecule has 0 saturated heterocycles. The minimum atomic E-state index is -1.10. The molecule has 0 aliphatic carbocycles. The summed E-state index contributed by atoms with van der Waals surface area (Å²) in [6.07, 6.45) is 1.34. The van der Waals surface area contributed by atoms with Gasteiger partial charge in [-0.2, -0.15) is 0 Å². The molecule has 0 bridgehead atoms. The smallest absolute Gasteiger partial charge is 0.336 e. The van der Waals surface area contributed by atoms with Gasteiger partial charge in [-0.05, 0) is 22.7 Å². The lowest BCUT2D eigenvalue weighted by atomic mass is 9.78. The van der Waals surface area contributed by atoms with E-state index in [4.69, 9.17) is 15.2 Å². The SMILES string of the molecule is C=Cc1c(C(=O)O)ccc(CO)c1[B]O. The summed E-state index contributed by atoms with van der Waals surface area (Å²) in [5.74, 6) is -1.10. The third kappa shape index (κ3) is 2.08. The van der Waals surface area contributed by atoms with Gasteiger partial charge in [0.1, 0.15) is 0 Å². The number of rotatable bonds is 4. The van der Waals surface area contributed by atoms with E-state index in [0.717, 1.165) is 7.48 Å². The molecule has 77 valence electrons. The fourth-order valence-corrected chi connectivity index (χ4v) is 1.38. The van der Waals surface area contributed by atoms with Crippen molar-refractivity contribution in [2.24, 2.45) is 0 Å². The summed E-state index contributed by atoms with van der Waals surface area (Å²) < 4.78 is 0. The van der Waals surface area contributed by atoms with E-state index in [1.54, 1.807) is 0 Å². The van der Waals surface area contributed by atoms with Crippen molar-refractivity contribution in [2.45, 2.75) is 6.61 Å². The van der Waals surface area contributed by atoms with Crippen molar-refractivity contribution in [2.75, 3.05) is 0 Å². The van der Waals surface area contributed by atoms with Crippen LogP contribution < -0.4 is 5.46 Å². The van der Waals surface area contributed by atoms with Gasteiger partial charge in [0.25, 0.3) is 0 Å². The van der Waals surface area contributed by atoms with E-state index >= 15 is 0 Å². The van der Waals surface area contributed by atoms with Crippen molar-refractivity contribution in [1.29, 1.82) is 0 Å². The van der Waals surface area contributed by atoms with Crippen molar-refractivity contribution in [3.05, 3.63) is 35.4 Å². The van der Waals surface area contributed by atoms with Crippen LogP contribution in [0.2, 0.25) is 0 Å². The number of aromatic carboxylic acids is 1. The van der Waals surface area contributed by atoms with Gasteiger partial charge in [-0.25, -0.2) is 4.79 Å². The van der Waals surface area contributed by atoms with Crippen LogP contribution in [0.5, 0.6) is 0 Å². The van der Waals surface area contributed by atoms with Crippen LogP contribution in [0.4, 0.5) is 0 Å². The van der Waals surface area contributed by atoms with Crippen LogP contribution in [0.3, 0.4) is 0 Å². The van der Waals surface area contributed by atoms with E-state index in [-0.39, 0.29) is 17.6 Å². The molecule has 0 spiro atoms. The molecule has 1 rings (SSSR count). The number of aliphatic hydroxyl groups is 1. The summed E-state index contributed by atoms with van der Waals surface area (Å²) in [6.45, 7) is 3.21. The Morgan fingerprint density at radius 1 is 1.53 bits per heavy atom. The first-order valence-corrected chi connectivity index (χ1v) is 4.25. The molecule has 0 amide bonds. The molecule has 0 saturated carbocycles. The molecule has 1 aromatic carbocycles. The van der Waals surface area contributed by atoms with Gasteiger partial charge in [-0.1, -0.05) is 18.7 Å². The van der Waals surface area contributed by atoms with Gasteiger partial charge in [0.15, 0.2) is 0 Å². The van der Waals surface area contributed by atoms with Gasteiger partial charge in [-0.3, -0.25) is 0 Å². The number of hydrogen-bond acceptors (Lipinski definition) is 3. The molecule has 1 aromatic rings. The Labute approximate surface area is 87.8 Å². The lowest BCUT2D eigenvalue weighted by molar-refractivity contribution is 0.0696. The van der Waals surface area contributed by atoms with Crippen molar-refractivity contribution in [3.63, 3.8) is 0 Å². The molecule has 4 nitrogen and oxygen atoms in total. The first-order valence-electron chi connectivity index (χ1n) is 4.25. The normalized spacial score (nSPS) is 9.73. The largest absolute Gasteiger partial charge is 0.478 e. The highest BCUT2D eigenvalue weighted by molar-refractivity contribution is 6.48. The van der Waals surface area contributed by atoms with Crippen molar-refractivity contribution < 1.29 is 20.0 Å². The third-order valence-corrected chi connectivity index (χ3v) is 2.11. The van der Waals surface area contributed by atoms with Gasteiger partial charge in [-0.15, -0.1) is 0 Å². The van der Waals surface area contributed by atoms with Crippen LogP contribution in [-0.2, 0) is 6.61 Å². The number of carboxylic acid groups (broad SMARTS) is 1. The van der Waals surface area contributed by atoms with Crippen LogP contribution in [0.15, 0.2) is 18.7 Å². The maximum absolute atomic E-state index is 10.8. The highest BCUT2D eigenvalue weighted by Crippen LogP contribution is 2.11. The summed E-state index contributed by atoms with van der Waals surface area (Å²) in [5, 5.41) is 26.9. The maximum atomic E-state index is 10.8. The monoisotopic (exact) mass is 205 g/mol. The summed E-state index contributed by atoms with van der Waals surface area (Å²) in [5.41, 5.74) is 1.09. The molecule has 5 heteroatoms. The van der Waals surface area contributed by atoms with Gasteiger partial charge in [0.05, 0.1) is 12.2 Å². The van der Waals surface area contributed by atoms with Crippen molar-refractivity contribution >= 4 is 25.0 Å². The van der Waals surface area contributed by atoms with E-state index in [1.807, 2.05) is 0 Å². The molecule has 0 unspecified atom stereocenters. The molecule has 0 aliphatic rings. The number of aliphatic hydroxyl groups excluding tert-OH is 1. The topological polar surface area (TPSA) is 77.8 Å². The van der Waals surface area contributed by atoms with Crippen molar-refractivity contribution in [1.82, 2.24) is 0 Å². The Bertz CT molecular complexity index is 401. The Kier molecular flexibility index (Phi) is 3.65. The Hall–Kier alpha value is -1.59. The molecule has 0 atom stereocenters. The summed E-state index contributed by atoms with van der Waals surface area (Å²) in [7, 11) is 0.773. The number of benzene rings is 1. The van der Waals surface area contributed by atoms with E-state index < -0.39 is 5.97 Å². The van der Waals surface area contributed by atoms with Crippen LogP contribution in [0, 0.1) is 0 Å². The maximum Gasteiger partial charge on any atom is 0.336 e. The second-order valence-electron chi connectivity index (χ2n) is 2.90. The fraction of sp³-hybridized carbons (Fsp3) is 0.100. The number of carboxylic acids is 1. The van der Waals surface area contributed by atoms with Crippen LogP contribution in [0.25, 0.3) is 6.08 Å². The second-order valence-corrected chi connectivity index (χ2v) is 2.90. The van der Waals surface area contributed by atoms with E-state index in [2.05, 4.69) is 6.58 Å². The molecule has 3 N–H and O–H groups in total. The van der Waals surface area contributed by atoms with E-state index in [1.165, 1.54) is 18.2 Å². The lowest BCUT2D eigenvalue weighted by Crippen LogP contribution is -2.25. The van der Waals surface area contributed by atoms with Gasteiger partial charge in [0.2, 0.25) is 0 Å². The van der Waals surface area contributed by atoms with Crippen LogP contribution in [0.1, 0.15) is 21.5 Å². The van der Waals surface area contributed by atoms with Gasteiger partial charge in [0, 0.05) is 0 Å². The zero-order valence-electron chi connectivity index (χ0n) is 7.97. The highest BCUT2D eigenvalue weighted by Gasteiger charge is 2.15. The first kappa shape index (κ1) is 11.5. The molecule has 0 aliphatic heterocycles. The molecule has 1 radical (unpaired) electrons. The van der Waals surface area contributed by atoms with Crippen LogP contribution in [-0.4, -0.2) is 28.7 Å². The third-order valence-electron chi connectivity index (χ3n) is 2.11. The molecule has 0 aromatic heterocycles. The molecular formula is C10H10BO4. The quantitative estimate of drug-likeness (QED) is 0.592. The van der Waals surface area contributed by atoms with E-state index in [9.17, 15) is 4.79 Å². The standard InChI is InChI=1S/C10H10BO4/c1-2-7-8(10(13)14)4-3-6(5-12)9(7)11-15/h2-4,12,15H,1,5H2,(H,13,14). The highest BCUT2D eigenvalue weighted by atomic mass is 16.4. The minimum absolute atomic E-state index is 0.0440. The summed E-state index contributed by atoms with van der Waals surface area (Å²) >= 11 is 0. The Balaban J connectivity index is 3.47. The zero-order valence-corrected chi connectivity index (χ0v) is 7.97. The Morgan fingerprint density at radius 3 is 2.60 bits per heavy atom. The van der Waals surface area contributed by atoms with Gasteiger partial charge >= 0.3 is 13.5 Å². The second kappa shape index (κ2) is 4.77. The van der Waals surface area contributed by atoms with Crippen molar-refractivity contribution in [3.8, 4) is 0 Å².